The molecule has 1 saturated carbocycles. The minimum Gasteiger partial charge on any atom is -0.496 e. The number of methoxy groups -OCH3 is 1. The Morgan fingerprint density at radius 1 is 1.17 bits per heavy atom. The maximum Gasteiger partial charge on any atom is 0.122 e. The summed E-state index contributed by atoms with van der Waals surface area (Å²) in [6, 6.07) is 7.20. The average molecular weight is 247 g/mol. The van der Waals surface area contributed by atoms with Crippen LogP contribution in [0.25, 0.3) is 0 Å². The lowest BCUT2D eigenvalue weighted by atomic mass is 10.1. The van der Waals surface area contributed by atoms with Gasteiger partial charge in [0, 0.05) is 12.6 Å². The molecule has 2 nitrogen and oxygen atoms in total. The first-order valence-electron chi connectivity index (χ1n) is 7.16. The normalized spacial score (nSPS) is 17.4. The molecule has 1 aromatic rings. The van der Waals surface area contributed by atoms with E-state index in [1.165, 1.54) is 49.7 Å². The fourth-order valence-electron chi connectivity index (χ4n) is 2.72. The molecule has 0 atom stereocenters. The third-order valence-electron chi connectivity index (χ3n) is 3.92. The second-order valence-corrected chi connectivity index (χ2v) is 5.37. The van der Waals surface area contributed by atoms with Crippen molar-refractivity contribution in [3.8, 4) is 5.75 Å². The summed E-state index contributed by atoms with van der Waals surface area (Å²) in [5.41, 5.74) is 2.53. The lowest BCUT2D eigenvalue weighted by molar-refractivity contribution is 0.410. The SMILES string of the molecule is COc1cc(CNC2CCCCCC2)ccc1C. The molecule has 0 saturated heterocycles. The lowest BCUT2D eigenvalue weighted by Gasteiger charge is -2.16. The van der Waals surface area contributed by atoms with Gasteiger partial charge in [0.1, 0.15) is 5.75 Å². The summed E-state index contributed by atoms with van der Waals surface area (Å²) in [7, 11) is 1.74. The van der Waals surface area contributed by atoms with Crippen molar-refractivity contribution in [3.63, 3.8) is 0 Å². The predicted molar refractivity (Wildman–Crippen MR) is 76.1 cm³/mol. The second kappa shape index (κ2) is 6.79. The Morgan fingerprint density at radius 3 is 2.56 bits per heavy atom. The molecule has 18 heavy (non-hydrogen) atoms. The molecule has 0 heterocycles. The average Bonchev–Trinajstić information content (AvgIpc) is 2.66. The van der Waals surface area contributed by atoms with Crippen molar-refractivity contribution >= 4 is 0 Å². The van der Waals surface area contributed by atoms with Crippen LogP contribution < -0.4 is 10.1 Å². The van der Waals surface area contributed by atoms with Crippen LogP contribution in [0.4, 0.5) is 0 Å². The van der Waals surface area contributed by atoms with Gasteiger partial charge < -0.3 is 10.1 Å². The smallest absolute Gasteiger partial charge is 0.122 e. The van der Waals surface area contributed by atoms with Gasteiger partial charge in [-0.2, -0.15) is 0 Å². The highest BCUT2D eigenvalue weighted by Gasteiger charge is 2.11. The van der Waals surface area contributed by atoms with Gasteiger partial charge in [0.25, 0.3) is 0 Å². The van der Waals surface area contributed by atoms with Gasteiger partial charge in [0.15, 0.2) is 0 Å². The molecular formula is C16H25NO. The van der Waals surface area contributed by atoms with E-state index in [0.29, 0.717) is 6.04 Å². The summed E-state index contributed by atoms with van der Waals surface area (Å²) in [6.45, 7) is 3.04. The fourth-order valence-corrected chi connectivity index (χ4v) is 2.72. The molecule has 1 fully saturated rings. The zero-order valence-electron chi connectivity index (χ0n) is 11.7. The monoisotopic (exact) mass is 247 g/mol. The van der Waals surface area contributed by atoms with E-state index in [9.17, 15) is 0 Å². The second-order valence-electron chi connectivity index (χ2n) is 5.37. The molecule has 0 aromatic heterocycles. The summed E-state index contributed by atoms with van der Waals surface area (Å²) < 4.78 is 5.37. The van der Waals surface area contributed by atoms with Crippen LogP contribution in [0.1, 0.15) is 49.7 Å². The molecule has 2 rings (SSSR count). The molecule has 1 aromatic carbocycles. The highest BCUT2D eigenvalue weighted by Crippen LogP contribution is 2.20. The highest BCUT2D eigenvalue weighted by atomic mass is 16.5. The zero-order valence-corrected chi connectivity index (χ0v) is 11.7. The van der Waals surface area contributed by atoms with Crippen LogP contribution in [0.5, 0.6) is 5.75 Å². The van der Waals surface area contributed by atoms with E-state index < -0.39 is 0 Å². The van der Waals surface area contributed by atoms with Crippen molar-refractivity contribution in [2.45, 2.75) is 58.0 Å². The summed E-state index contributed by atoms with van der Waals surface area (Å²) in [4.78, 5) is 0. The largest absolute Gasteiger partial charge is 0.496 e. The van der Waals surface area contributed by atoms with Gasteiger partial charge in [-0.1, -0.05) is 37.8 Å². The third-order valence-corrected chi connectivity index (χ3v) is 3.92. The molecule has 100 valence electrons. The number of hydrogen-bond donors (Lipinski definition) is 1. The molecule has 0 bridgehead atoms. The Hall–Kier alpha value is -1.02. The molecule has 0 amide bonds. The van der Waals surface area contributed by atoms with Crippen LogP contribution in [0.2, 0.25) is 0 Å². The third kappa shape index (κ3) is 3.74. The van der Waals surface area contributed by atoms with Crippen molar-refractivity contribution in [2.75, 3.05) is 7.11 Å². The van der Waals surface area contributed by atoms with Crippen molar-refractivity contribution in [2.24, 2.45) is 0 Å². The van der Waals surface area contributed by atoms with Crippen molar-refractivity contribution < 1.29 is 4.74 Å². The van der Waals surface area contributed by atoms with E-state index in [1.807, 2.05) is 0 Å². The maximum absolute atomic E-state index is 5.37. The molecule has 1 aliphatic rings. The summed E-state index contributed by atoms with van der Waals surface area (Å²) in [5, 5.41) is 3.69. The van der Waals surface area contributed by atoms with E-state index in [2.05, 4.69) is 30.4 Å². The predicted octanol–water partition coefficient (Wildman–Crippen LogP) is 3.82. The molecule has 0 spiro atoms. The zero-order chi connectivity index (χ0) is 12.8. The van der Waals surface area contributed by atoms with Crippen LogP contribution in [0.3, 0.4) is 0 Å². The summed E-state index contributed by atoms with van der Waals surface area (Å²) in [6.07, 6.45) is 8.27. The Morgan fingerprint density at radius 2 is 1.89 bits per heavy atom. The van der Waals surface area contributed by atoms with Gasteiger partial charge in [-0.25, -0.2) is 0 Å². The van der Waals surface area contributed by atoms with E-state index in [-0.39, 0.29) is 0 Å². The Bertz CT molecular complexity index is 367. The molecular weight excluding hydrogens is 222 g/mol. The number of ether oxygens (including phenoxy) is 1. The van der Waals surface area contributed by atoms with Gasteiger partial charge >= 0.3 is 0 Å². The quantitative estimate of drug-likeness (QED) is 0.817. The van der Waals surface area contributed by atoms with E-state index in [4.69, 9.17) is 4.74 Å². The van der Waals surface area contributed by atoms with E-state index >= 15 is 0 Å². The van der Waals surface area contributed by atoms with Gasteiger partial charge in [-0.15, -0.1) is 0 Å². The van der Waals surface area contributed by atoms with Crippen molar-refractivity contribution in [1.29, 1.82) is 0 Å². The maximum atomic E-state index is 5.37. The molecule has 0 radical (unpaired) electrons. The first-order valence-corrected chi connectivity index (χ1v) is 7.16. The molecule has 0 aliphatic heterocycles. The van der Waals surface area contributed by atoms with Gasteiger partial charge in [-0.3, -0.25) is 0 Å². The number of aryl methyl sites for hydroxylation is 1. The van der Waals surface area contributed by atoms with Gasteiger partial charge in [0.2, 0.25) is 0 Å². The van der Waals surface area contributed by atoms with Gasteiger partial charge in [0.05, 0.1) is 7.11 Å². The van der Waals surface area contributed by atoms with E-state index in [0.717, 1.165) is 12.3 Å². The van der Waals surface area contributed by atoms with Crippen LogP contribution in [-0.4, -0.2) is 13.2 Å². The van der Waals surface area contributed by atoms with Crippen LogP contribution >= 0.6 is 0 Å². The van der Waals surface area contributed by atoms with Crippen molar-refractivity contribution in [3.05, 3.63) is 29.3 Å². The fraction of sp³-hybridized carbons (Fsp3) is 0.625. The van der Waals surface area contributed by atoms with Crippen LogP contribution in [0.15, 0.2) is 18.2 Å². The van der Waals surface area contributed by atoms with Gasteiger partial charge in [-0.05, 0) is 37.0 Å². The minimum absolute atomic E-state index is 0.708. The molecule has 0 unspecified atom stereocenters. The van der Waals surface area contributed by atoms with E-state index in [1.54, 1.807) is 7.11 Å². The Balaban J connectivity index is 1.88. The number of hydrogen-bond acceptors (Lipinski definition) is 2. The number of rotatable bonds is 4. The molecule has 2 heteroatoms. The Kier molecular flexibility index (Phi) is 5.06. The first-order chi connectivity index (χ1) is 8.79. The van der Waals surface area contributed by atoms with Crippen molar-refractivity contribution in [1.82, 2.24) is 5.32 Å². The topological polar surface area (TPSA) is 21.3 Å². The highest BCUT2D eigenvalue weighted by molar-refractivity contribution is 5.36. The first kappa shape index (κ1) is 13.4. The molecule has 1 N–H and O–H groups in total. The standard InChI is InChI=1S/C16H25NO/c1-13-9-10-14(11-16(13)18-2)12-17-15-7-5-3-4-6-8-15/h9-11,15,17H,3-8,12H2,1-2H3. The summed E-state index contributed by atoms with van der Waals surface area (Å²) in [5.74, 6) is 0.996. The molecule has 1 aliphatic carbocycles. The minimum atomic E-state index is 0.708. The number of benzene rings is 1. The lowest BCUT2D eigenvalue weighted by Crippen LogP contribution is -2.27. The summed E-state index contributed by atoms with van der Waals surface area (Å²) >= 11 is 0. The van der Waals surface area contributed by atoms with Crippen LogP contribution in [0, 0.1) is 6.92 Å². The van der Waals surface area contributed by atoms with Crippen LogP contribution in [-0.2, 0) is 6.54 Å². The Labute approximate surface area is 111 Å². The number of nitrogens with one attached hydrogen (secondary N) is 1.